The van der Waals surface area contributed by atoms with E-state index in [4.69, 9.17) is 4.74 Å². The summed E-state index contributed by atoms with van der Waals surface area (Å²) in [6.07, 6.45) is 8.22. The molecule has 5 rings (SSSR count). The van der Waals surface area contributed by atoms with Crippen molar-refractivity contribution in [1.82, 2.24) is 20.5 Å². The van der Waals surface area contributed by atoms with Gasteiger partial charge in [-0.2, -0.15) is 0 Å². The van der Waals surface area contributed by atoms with Crippen LogP contribution < -0.4 is 15.4 Å². The molecule has 1 unspecified atom stereocenters. The van der Waals surface area contributed by atoms with Crippen molar-refractivity contribution >= 4 is 11.8 Å². The molecule has 1 aliphatic carbocycles. The highest BCUT2D eigenvalue weighted by molar-refractivity contribution is 6.01. The fourth-order valence-electron chi connectivity index (χ4n) is 4.93. The summed E-state index contributed by atoms with van der Waals surface area (Å²) in [6, 6.07) is 9.55. The molecule has 1 aromatic heterocycles. The van der Waals surface area contributed by atoms with Gasteiger partial charge in [-0.05, 0) is 73.6 Å². The van der Waals surface area contributed by atoms with Gasteiger partial charge < -0.3 is 20.3 Å². The first-order valence-corrected chi connectivity index (χ1v) is 11.3. The lowest BCUT2D eigenvalue weighted by Gasteiger charge is -2.30. The summed E-state index contributed by atoms with van der Waals surface area (Å²) in [4.78, 5) is 31.0. The Morgan fingerprint density at radius 1 is 1.16 bits per heavy atom. The maximum absolute atomic E-state index is 12.9. The number of rotatable bonds is 6. The number of aromatic nitrogens is 1. The lowest BCUT2D eigenvalue weighted by atomic mass is 10.0. The van der Waals surface area contributed by atoms with Gasteiger partial charge in [-0.25, -0.2) is 0 Å². The predicted molar refractivity (Wildman–Crippen MR) is 120 cm³/mol. The Kier molecular flexibility index (Phi) is 5.66. The Balaban J connectivity index is 1.24. The highest BCUT2D eigenvalue weighted by atomic mass is 16.5. The number of hydrogen-bond donors (Lipinski definition) is 2. The summed E-state index contributed by atoms with van der Waals surface area (Å²) in [5.41, 5.74) is 3.50. The zero-order valence-corrected chi connectivity index (χ0v) is 18.0. The van der Waals surface area contributed by atoms with Crippen molar-refractivity contribution in [2.45, 2.75) is 63.4 Å². The summed E-state index contributed by atoms with van der Waals surface area (Å²) >= 11 is 0. The SMILES string of the molecule is C=C1CCC(N2Cc3cc(O[C@H]4CCC[C@H]4NCc4ccncc4)ccc3C2=O)C(=O)N1. The fraction of sp³-hybridized carbons (Fsp3) is 0.400. The number of pyridine rings is 1. The van der Waals surface area contributed by atoms with E-state index in [0.29, 0.717) is 24.9 Å². The number of carbonyl (C=O) groups is 2. The fourth-order valence-corrected chi connectivity index (χ4v) is 4.93. The van der Waals surface area contributed by atoms with Gasteiger partial charge in [-0.3, -0.25) is 14.6 Å². The molecule has 3 aliphatic rings. The Hall–Kier alpha value is -3.19. The topological polar surface area (TPSA) is 83.6 Å². The quantitative estimate of drug-likeness (QED) is 0.733. The first-order chi connectivity index (χ1) is 15.6. The van der Waals surface area contributed by atoms with Crippen LogP contribution in [0.3, 0.4) is 0 Å². The van der Waals surface area contributed by atoms with E-state index in [0.717, 1.165) is 42.8 Å². The highest BCUT2D eigenvalue weighted by Gasteiger charge is 2.38. The van der Waals surface area contributed by atoms with Crippen molar-refractivity contribution < 1.29 is 14.3 Å². The number of piperidine rings is 1. The van der Waals surface area contributed by atoms with Gasteiger partial charge >= 0.3 is 0 Å². The van der Waals surface area contributed by atoms with Crippen LogP contribution in [-0.4, -0.2) is 39.9 Å². The molecule has 0 spiro atoms. The molecule has 1 saturated heterocycles. The number of hydrogen-bond acceptors (Lipinski definition) is 5. The van der Waals surface area contributed by atoms with Gasteiger partial charge in [-0.1, -0.05) is 6.58 Å². The van der Waals surface area contributed by atoms with Crippen molar-refractivity contribution in [2.24, 2.45) is 0 Å². The summed E-state index contributed by atoms with van der Waals surface area (Å²) in [6.45, 7) is 5.04. The molecular formula is C25H28N4O3. The van der Waals surface area contributed by atoms with Gasteiger partial charge in [0.1, 0.15) is 17.9 Å². The minimum Gasteiger partial charge on any atom is -0.489 e. The summed E-state index contributed by atoms with van der Waals surface area (Å²) in [5, 5.41) is 6.40. The van der Waals surface area contributed by atoms with Gasteiger partial charge in [0, 0.05) is 42.8 Å². The van der Waals surface area contributed by atoms with E-state index >= 15 is 0 Å². The van der Waals surface area contributed by atoms with Crippen LogP contribution >= 0.6 is 0 Å². The zero-order chi connectivity index (χ0) is 22.1. The van der Waals surface area contributed by atoms with Crippen molar-refractivity contribution in [3.8, 4) is 5.75 Å². The van der Waals surface area contributed by atoms with Crippen LogP contribution in [0, 0.1) is 0 Å². The van der Waals surface area contributed by atoms with Crippen LogP contribution in [0.4, 0.5) is 0 Å². The number of benzene rings is 1. The molecule has 3 atom stereocenters. The van der Waals surface area contributed by atoms with Crippen molar-refractivity contribution in [3.05, 3.63) is 71.7 Å². The number of amides is 2. The maximum Gasteiger partial charge on any atom is 0.255 e. The second-order valence-corrected chi connectivity index (χ2v) is 8.83. The minimum absolute atomic E-state index is 0.0861. The van der Waals surface area contributed by atoms with E-state index in [1.165, 1.54) is 5.56 Å². The normalized spacial score (nSPS) is 25.1. The van der Waals surface area contributed by atoms with Crippen LogP contribution in [-0.2, 0) is 17.9 Å². The Bertz CT molecular complexity index is 1040. The molecule has 7 heteroatoms. The van der Waals surface area contributed by atoms with E-state index in [2.05, 4.69) is 22.2 Å². The van der Waals surface area contributed by atoms with Gasteiger partial charge in [-0.15, -0.1) is 0 Å². The monoisotopic (exact) mass is 432 g/mol. The van der Waals surface area contributed by atoms with Crippen LogP contribution in [0.5, 0.6) is 5.75 Å². The standard InChI is InChI=1S/C25H28N4O3/c1-16-5-8-22(24(30)28-16)29-15-18-13-19(6-7-20(18)25(29)31)32-23-4-2-3-21(23)27-14-17-9-11-26-12-10-17/h6-7,9-13,21-23,27H,1-5,8,14-15H2,(H,28,30)/t21-,22?,23+/m1/s1. The predicted octanol–water partition coefficient (Wildman–Crippen LogP) is 2.92. The average molecular weight is 433 g/mol. The maximum atomic E-state index is 12.9. The van der Waals surface area contributed by atoms with Gasteiger partial charge in [0.25, 0.3) is 5.91 Å². The molecule has 1 aromatic carbocycles. The number of nitrogens with zero attached hydrogens (tertiary/aromatic N) is 2. The van der Waals surface area contributed by atoms with Crippen LogP contribution in [0.1, 0.15) is 53.6 Å². The average Bonchev–Trinajstić information content (AvgIpc) is 3.37. The van der Waals surface area contributed by atoms with Gasteiger partial charge in [0.05, 0.1) is 0 Å². The first-order valence-electron chi connectivity index (χ1n) is 11.3. The minimum atomic E-state index is -0.443. The number of allylic oxidation sites excluding steroid dienone is 1. The molecular weight excluding hydrogens is 404 g/mol. The largest absolute Gasteiger partial charge is 0.489 e. The van der Waals surface area contributed by atoms with Crippen LogP contribution in [0.25, 0.3) is 0 Å². The number of carbonyl (C=O) groups excluding carboxylic acids is 2. The third kappa shape index (κ3) is 4.12. The second-order valence-electron chi connectivity index (χ2n) is 8.83. The van der Waals surface area contributed by atoms with Crippen LogP contribution in [0.15, 0.2) is 55.0 Å². The van der Waals surface area contributed by atoms with Crippen molar-refractivity contribution in [3.63, 3.8) is 0 Å². The van der Waals surface area contributed by atoms with Crippen molar-refractivity contribution in [1.29, 1.82) is 0 Å². The van der Waals surface area contributed by atoms with E-state index in [-0.39, 0.29) is 24.0 Å². The van der Waals surface area contributed by atoms with Gasteiger partial charge in [0.15, 0.2) is 0 Å². The lowest BCUT2D eigenvalue weighted by Crippen LogP contribution is -2.49. The van der Waals surface area contributed by atoms with Crippen LogP contribution in [0.2, 0.25) is 0 Å². The Morgan fingerprint density at radius 3 is 2.81 bits per heavy atom. The highest BCUT2D eigenvalue weighted by Crippen LogP contribution is 2.32. The molecule has 2 aliphatic heterocycles. The molecule has 3 heterocycles. The molecule has 2 amide bonds. The number of fused-ring (bicyclic) bond motifs is 1. The van der Waals surface area contributed by atoms with E-state index in [9.17, 15) is 9.59 Å². The Labute approximate surface area is 187 Å². The molecule has 32 heavy (non-hydrogen) atoms. The van der Waals surface area contributed by atoms with E-state index in [1.54, 1.807) is 4.90 Å². The van der Waals surface area contributed by atoms with E-state index < -0.39 is 6.04 Å². The lowest BCUT2D eigenvalue weighted by molar-refractivity contribution is -0.126. The van der Waals surface area contributed by atoms with E-state index in [1.807, 2.05) is 42.7 Å². The molecule has 1 saturated carbocycles. The van der Waals surface area contributed by atoms with Gasteiger partial charge in [0.2, 0.25) is 5.91 Å². The molecule has 0 radical (unpaired) electrons. The summed E-state index contributed by atoms with van der Waals surface area (Å²) < 4.78 is 6.36. The molecule has 7 nitrogen and oxygen atoms in total. The zero-order valence-electron chi connectivity index (χ0n) is 18.0. The molecule has 2 N–H and O–H groups in total. The first kappa shape index (κ1) is 20.7. The van der Waals surface area contributed by atoms with Crippen molar-refractivity contribution in [2.75, 3.05) is 0 Å². The Morgan fingerprint density at radius 2 is 2.00 bits per heavy atom. The molecule has 2 fully saturated rings. The molecule has 0 bridgehead atoms. The number of nitrogens with one attached hydrogen (secondary N) is 2. The molecule has 2 aromatic rings. The number of ether oxygens (including phenoxy) is 1. The second kappa shape index (κ2) is 8.74. The smallest absolute Gasteiger partial charge is 0.255 e. The third-order valence-electron chi connectivity index (χ3n) is 6.66. The molecule has 166 valence electrons. The summed E-state index contributed by atoms with van der Waals surface area (Å²) in [5.74, 6) is 0.549. The summed E-state index contributed by atoms with van der Waals surface area (Å²) in [7, 11) is 0. The third-order valence-corrected chi connectivity index (χ3v) is 6.66.